The fourth-order valence-electron chi connectivity index (χ4n) is 3.98. The van der Waals surface area contributed by atoms with Crippen LogP contribution in [0.5, 0.6) is 0 Å². The molecule has 2 aliphatic rings. The zero-order valence-corrected chi connectivity index (χ0v) is 20.7. The van der Waals surface area contributed by atoms with E-state index in [1.807, 2.05) is 53.7 Å². The van der Waals surface area contributed by atoms with E-state index in [4.69, 9.17) is 33.0 Å². The lowest BCUT2D eigenvalue weighted by atomic mass is 9.79. The van der Waals surface area contributed by atoms with Gasteiger partial charge in [0.25, 0.3) is 0 Å². The highest BCUT2D eigenvalue weighted by Crippen LogP contribution is 2.36. The first-order valence-electron chi connectivity index (χ1n) is 11.3. The number of rotatable bonds is 7. The molecule has 1 amide bonds. The van der Waals surface area contributed by atoms with Gasteiger partial charge in [-0.15, -0.1) is 0 Å². The lowest BCUT2D eigenvalue weighted by Crippen LogP contribution is -2.60. The van der Waals surface area contributed by atoms with Crippen LogP contribution >= 0.6 is 0 Å². The Hall–Kier alpha value is -1.69. The van der Waals surface area contributed by atoms with Crippen LogP contribution in [0, 0.1) is 0 Å². The van der Waals surface area contributed by atoms with Crippen LogP contribution in [0.25, 0.3) is 0 Å². The molecule has 1 N–H and O–H groups in total. The SMILES string of the molecule is CCO[C@@H]1[C@@H](OC)[C@H](C)O[C@@H](OC(=O)Nc2ccc(B3OC(C)(C)C(C)(C)O3)cc2)[C@@H]1OC. The smallest absolute Gasteiger partial charge is 0.416 e. The number of ether oxygens (including phenoxy) is 5. The van der Waals surface area contributed by atoms with E-state index >= 15 is 0 Å². The second-order valence-corrected chi connectivity index (χ2v) is 9.27. The summed E-state index contributed by atoms with van der Waals surface area (Å²) in [6, 6.07) is 7.24. The maximum atomic E-state index is 12.6. The molecule has 184 valence electrons. The van der Waals surface area contributed by atoms with Crippen molar-refractivity contribution in [1.82, 2.24) is 0 Å². The normalized spacial score (nSPS) is 30.8. The van der Waals surface area contributed by atoms with Crippen LogP contribution < -0.4 is 10.8 Å². The van der Waals surface area contributed by atoms with Crippen molar-refractivity contribution < 1.29 is 37.8 Å². The molecule has 0 radical (unpaired) electrons. The Morgan fingerprint density at radius 1 is 1.00 bits per heavy atom. The molecule has 0 aliphatic carbocycles. The maximum absolute atomic E-state index is 12.6. The molecular formula is C23H36BNO8. The van der Waals surface area contributed by atoms with Crippen LogP contribution in [0.15, 0.2) is 24.3 Å². The summed E-state index contributed by atoms with van der Waals surface area (Å²) in [5, 5.41) is 2.72. The Morgan fingerprint density at radius 2 is 1.58 bits per heavy atom. The van der Waals surface area contributed by atoms with Gasteiger partial charge in [-0.2, -0.15) is 0 Å². The van der Waals surface area contributed by atoms with Gasteiger partial charge in [-0.25, -0.2) is 4.79 Å². The van der Waals surface area contributed by atoms with Gasteiger partial charge < -0.3 is 33.0 Å². The van der Waals surface area contributed by atoms with E-state index < -0.39 is 42.9 Å². The second-order valence-electron chi connectivity index (χ2n) is 9.27. The van der Waals surface area contributed by atoms with E-state index in [2.05, 4.69) is 5.32 Å². The number of anilines is 1. The van der Waals surface area contributed by atoms with E-state index in [9.17, 15) is 4.79 Å². The van der Waals surface area contributed by atoms with Gasteiger partial charge in [0.05, 0.1) is 17.3 Å². The number of amides is 1. The van der Waals surface area contributed by atoms with Crippen molar-refractivity contribution in [2.75, 3.05) is 26.1 Å². The first-order valence-corrected chi connectivity index (χ1v) is 11.3. The van der Waals surface area contributed by atoms with Gasteiger partial charge in [0.15, 0.2) is 0 Å². The molecule has 2 aliphatic heterocycles. The predicted octanol–water partition coefficient (Wildman–Crippen LogP) is 2.71. The average Bonchev–Trinajstić information content (AvgIpc) is 2.96. The Kier molecular flexibility index (Phi) is 8.09. The van der Waals surface area contributed by atoms with Gasteiger partial charge in [0, 0.05) is 26.5 Å². The quantitative estimate of drug-likeness (QED) is 0.615. The number of methoxy groups -OCH3 is 2. The number of hydrogen-bond acceptors (Lipinski definition) is 8. The number of carbonyl (C=O) groups is 1. The molecule has 2 heterocycles. The van der Waals surface area contributed by atoms with Crippen molar-refractivity contribution in [2.45, 2.75) is 83.5 Å². The minimum atomic E-state index is -0.947. The van der Waals surface area contributed by atoms with Crippen molar-refractivity contribution in [3.05, 3.63) is 24.3 Å². The zero-order valence-electron chi connectivity index (χ0n) is 20.7. The molecule has 1 aromatic carbocycles. The lowest BCUT2D eigenvalue weighted by molar-refractivity contribution is -0.292. The molecule has 0 spiro atoms. The molecular weight excluding hydrogens is 429 g/mol. The Morgan fingerprint density at radius 3 is 2.09 bits per heavy atom. The minimum Gasteiger partial charge on any atom is -0.416 e. The highest BCUT2D eigenvalue weighted by atomic mass is 16.7. The monoisotopic (exact) mass is 465 g/mol. The molecule has 33 heavy (non-hydrogen) atoms. The van der Waals surface area contributed by atoms with Crippen molar-refractivity contribution in [1.29, 1.82) is 0 Å². The van der Waals surface area contributed by atoms with Gasteiger partial charge in [-0.1, -0.05) is 12.1 Å². The summed E-state index contributed by atoms with van der Waals surface area (Å²) in [5.41, 5.74) is 0.583. The molecule has 2 saturated heterocycles. The first kappa shape index (κ1) is 25.9. The second kappa shape index (κ2) is 10.3. The summed E-state index contributed by atoms with van der Waals surface area (Å²) >= 11 is 0. The van der Waals surface area contributed by atoms with E-state index in [0.717, 1.165) is 5.46 Å². The van der Waals surface area contributed by atoms with Gasteiger partial charge in [-0.3, -0.25) is 5.32 Å². The van der Waals surface area contributed by atoms with Crippen LogP contribution in [-0.2, 0) is 33.0 Å². The fourth-order valence-corrected chi connectivity index (χ4v) is 3.98. The first-order chi connectivity index (χ1) is 15.5. The maximum Gasteiger partial charge on any atom is 0.494 e. The Labute approximate surface area is 196 Å². The van der Waals surface area contributed by atoms with Crippen molar-refractivity contribution in [3.63, 3.8) is 0 Å². The molecule has 5 atom stereocenters. The molecule has 0 saturated carbocycles. The zero-order chi connectivity index (χ0) is 24.4. The summed E-state index contributed by atoms with van der Waals surface area (Å²) in [6.07, 6.45) is -3.38. The predicted molar refractivity (Wildman–Crippen MR) is 124 cm³/mol. The Balaban J connectivity index is 1.62. The average molecular weight is 465 g/mol. The van der Waals surface area contributed by atoms with Gasteiger partial charge in [0.2, 0.25) is 6.29 Å². The largest absolute Gasteiger partial charge is 0.494 e. The van der Waals surface area contributed by atoms with E-state index in [1.54, 1.807) is 19.2 Å². The van der Waals surface area contributed by atoms with Gasteiger partial charge >= 0.3 is 13.2 Å². The molecule has 1 aromatic rings. The van der Waals surface area contributed by atoms with Crippen LogP contribution in [0.1, 0.15) is 41.5 Å². The molecule has 0 unspecified atom stereocenters. The number of hydrogen-bond donors (Lipinski definition) is 1. The summed E-state index contributed by atoms with van der Waals surface area (Å²) in [5.74, 6) is 0. The highest BCUT2D eigenvalue weighted by molar-refractivity contribution is 6.62. The summed E-state index contributed by atoms with van der Waals surface area (Å²) in [4.78, 5) is 12.6. The third kappa shape index (κ3) is 5.53. The molecule has 2 fully saturated rings. The summed E-state index contributed by atoms with van der Waals surface area (Å²) in [7, 11) is 2.63. The lowest BCUT2D eigenvalue weighted by Gasteiger charge is -2.43. The summed E-state index contributed by atoms with van der Waals surface area (Å²) in [6.45, 7) is 12.2. The van der Waals surface area contributed by atoms with E-state index in [1.165, 1.54) is 7.11 Å². The molecule has 3 rings (SSSR count). The van der Waals surface area contributed by atoms with Crippen LogP contribution in [0.2, 0.25) is 0 Å². The van der Waals surface area contributed by atoms with Crippen LogP contribution in [0.4, 0.5) is 10.5 Å². The molecule has 0 bridgehead atoms. The molecule has 0 aromatic heterocycles. The van der Waals surface area contributed by atoms with Gasteiger partial charge in [0.1, 0.15) is 18.3 Å². The number of nitrogens with one attached hydrogen (secondary N) is 1. The number of benzene rings is 1. The summed E-state index contributed by atoms with van der Waals surface area (Å²) < 4.78 is 40.4. The van der Waals surface area contributed by atoms with Crippen molar-refractivity contribution in [2.24, 2.45) is 0 Å². The van der Waals surface area contributed by atoms with E-state index in [0.29, 0.717) is 12.3 Å². The van der Waals surface area contributed by atoms with E-state index in [-0.39, 0.29) is 12.2 Å². The minimum absolute atomic E-state index is 0.347. The van der Waals surface area contributed by atoms with Gasteiger partial charge in [-0.05, 0) is 59.1 Å². The third-order valence-electron chi connectivity index (χ3n) is 6.54. The number of carbonyl (C=O) groups excluding carboxylic acids is 1. The highest BCUT2D eigenvalue weighted by Gasteiger charge is 2.51. The van der Waals surface area contributed by atoms with Crippen LogP contribution in [0.3, 0.4) is 0 Å². The Bertz CT molecular complexity index is 786. The molecule has 9 nitrogen and oxygen atoms in total. The topological polar surface area (TPSA) is 93.7 Å². The van der Waals surface area contributed by atoms with Crippen LogP contribution in [-0.4, -0.2) is 75.9 Å². The third-order valence-corrected chi connectivity index (χ3v) is 6.54. The van der Waals surface area contributed by atoms with Crippen molar-refractivity contribution >= 4 is 24.4 Å². The van der Waals surface area contributed by atoms with Crippen molar-refractivity contribution in [3.8, 4) is 0 Å². The standard InChI is InChI=1S/C23H36BNO8/c1-9-29-18-17(27-7)14(2)30-20(19(18)28-8)31-21(26)25-16-12-10-15(11-13-16)24-32-22(3,4)23(5,6)33-24/h10-14,17-20H,9H2,1-8H3,(H,25,26)/t14-,17-,18+,19+,20-/m0/s1. The fraction of sp³-hybridized carbons (Fsp3) is 0.696. The molecule has 10 heteroatoms.